The second-order valence-corrected chi connectivity index (χ2v) is 4.32. The van der Waals surface area contributed by atoms with E-state index in [1.807, 2.05) is 30.5 Å². The summed E-state index contributed by atoms with van der Waals surface area (Å²) in [5, 5.41) is 12.1. The van der Waals surface area contributed by atoms with Gasteiger partial charge in [-0.2, -0.15) is 0 Å². The predicted molar refractivity (Wildman–Crippen MR) is 61.8 cm³/mol. The highest BCUT2D eigenvalue weighted by atomic mass is 32.1. The molecule has 0 aliphatic rings. The van der Waals surface area contributed by atoms with Crippen molar-refractivity contribution in [1.29, 1.82) is 0 Å². The summed E-state index contributed by atoms with van der Waals surface area (Å²) in [4.78, 5) is 4.88. The van der Waals surface area contributed by atoms with Crippen molar-refractivity contribution < 1.29 is 5.11 Å². The fourth-order valence-corrected chi connectivity index (χ4v) is 2.25. The van der Waals surface area contributed by atoms with Crippen molar-refractivity contribution in [2.45, 2.75) is 13.0 Å². The van der Waals surface area contributed by atoms with Gasteiger partial charge < -0.3 is 10.8 Å². The van der Waals surface area contributed by atoms with Gasteiger partial charge in [-0.25, -0.2) is 4.98 Å². The number of aliphatic hydroxyl groups is 1. The fraction of sp³-hybridized carbons (Fsp3) is 0.182. The van der Waals surface area contributed by atoms with E-state index in [2.05, 4.69) is 4.98 Å². The molecule has 0 radical (unpaired) electrons. The monoisotopic (exact) mass is 220 g/mol. The quantitative estimate of drug-likeness (QED) is 0.815. The van der Waals surface area contributed by atoms with E-state index in [1.54, 1.807) is 6.20 Å². The minimum absolute atomic E-state index is 0.399. The average Bonchev–Trinajstić information content (AvgIpc) is 2.69. The van der Waals surface area contributed by atoms with Crippen LogP contribution in [-0.2, 0) is 0 Å². The van der Waals surface area contributed by atoms with Gasteiger partial charge in [0.1, 0.15) is 11.9 Å². The Morgan fingerprint density at radius 1 is 1.47 bits per heavy atom. The highest BCUT2D eigenvalue weighted by Gasteiger charge is 2.17. The molecule has 0 aliphatic carbocycles. The van der Waals surface area contributed by atoms with Gasteiger partial charge in [0.15, 0.2) is 0 Å². The molecular formula is C11H12N2OS. The second-order valence-electron chi connectivity index (χ2n) is 3.34. The maximum Gasteiger partial charge on any atom is 0.129 e. The zero-order chi connectivity index (χ0) is 10.8. The molecule has 0 aromatic carbocycles. The smallest absolute Gasteiger partial charge is 0.129 e. The molecule has 4 heteroatoms. The number of hydrogen-bond acceptors (Lipinski definition) is 4. The molecular weight excluding hydrogens is 208 g/mol. The summed E-state index contributed by atoms with van der Waals surface area (Å²) in [6, 6.07) is 5.65. The van der Waals surface area contributed by atoms with Crippen molar-refractivity contribution in [3.63, 3.8) is 0 Å². The van der Waals surface area contributed by atoms with Gasteiger partial charge in [0.25, 0.3) is 0 Å². The first-order valence-electron chi connectivity index (χ1n) is 4.62. The second kappa shape index (κ2) is 4.00. The third kappa shape index (κ3) is 1.86. The molecule has 0 saturated carbocycles. The van der Waals surface area contributed by atoms with Gasteiger partial charge in [0, 0.05) is 16.6 Å². The Kier molecular flexibility index (Phi) is 2.70. The van der Waals surface area contributed by atoms with Crippen LogP contribution >= 0.6 is 11.3 Å². The van der Waals surface area contributed by atoms with Gasteiger partial charge >= 0.3 is 0 Å². The summed E-state index contributed by atoms with van der Waals surface area (Å²) < 4.78 is 0. The minimum atomic E-state index is -0.668. The Morgan fingerprint density at radius 2 is 2.27 bits per heavy atom. The summed E-state index contributed by atoms with van der Waals surface area (Å²) in [5.74, 6) is 0.399. The maximum absolute atomic E-state index is 10.1. The maximum atomic E-state index is 10.1. The Labute approximate surface area is 92.2 Å². The van der Waals surface area contributed by atoms with Crippen LogP contribution in [0.2, 0.25) is 0 Å². The van der Waals surface area contributed by atoms with E-state index in [0.717, 1.165) is 10.4 Å². The summed E-state index contributed by atoms with van der Waals surface area (Å²) in [6.45, 7) is 1.92. The van der Waals surface area contributed by atoms with Crippen LogP contribution < -0.4 is 5.73 Å². The molecule has 0 bridgehead atoms. The topological polar surface area (TPSA) is 59.1 Å². The summed E-state index contributed by atoms with van der Waals surface area (Å²) in [7, 11) is 0. The molecule has 2 aromatic rings. The first kappa shape index (κ1) is 10.1. The van der Waals surface area contributed by atoms with Crippen LogP contribution in [0.3, 0.4) is 0 Å². The molecule has 3 nitrogen and oxygen atoms in total. The van der Waals surface area contributed by atoms with Gasteiger partial charge in [0.2, 0.25) is 0 Å². The van der Waals surface area contributed by atoms with Gasteiger partial charge in [-0.05, 0) is 30.0 Å². The summed E-state index contributed by atoms with van der Waals surface area (Å²) >= 11 is 1.51. The molecule has 0 spiro atoms. The number of aryl methyl sites for hydroxylation is 1. The van der Waals surface area contributed by atoms with Gasteiger partial charge in [-0.1, -0.05) is 6.07 Å². The van der Waals surface area contributed by atoms with Crippen LogP contribution in [-0.4, -0.2) is 10.1 Å². The molecule has 15 heavy (non-hydrogen) atoms. The lowest BCUT2D eigenvalue weighted by Crippen LogP contribution is -2.06. The van der Waals surface area contributed by atoms with E-state index in [-0.39, 0.29) is 0 Å². The van der Waals surface area contributed by atoms with Crippen molar-refractivity contribution in [3.05, 3.63) is 45.8 Å². The number of nitrogens with two attached hydrogens (primary N) is 1. The van der Waals surface area contributed by atoms with Crippen molar-refractivity contribution >= 4 is 17.2 Å². The van der Waals surface area contributed by atoms with Gasteiger partial charge in [0.05, 0.1) is 0 Å². The van der Waals surface area contributed by atoms with Crippen LogP contribution in [0.4, 0.5) is 5.82 Å². The third-order valence-corrected chi connectivity index (χ3v) is 3.25. The number of thiophene rings is 1. The number of aliphatic hydroxyl groups excluding tert-OH is 1. The van der Waals surface area contributed by atoms with Crippen molar-refractivity contribution in [3.8, 4) is 0 Å². The molecule has 0 aliphatic heterocycles. The predicted octanol–water partition coefficient (Wildman–Crippen LogP) is 2.12. The standard InChI is InChI=1S/C11H12N2OS/c1-7-4-5-13-11(12)9(7)10(14)8-3-2-6-15-8/h2-6,10,14H,1H3,(H2,12,13). The summed E-state index contributed by atoms with van der Waals surface area (Å²) in [5.41, 5.74) is 7.43. The normalized spacial score (nSPS) is 12.7. The molecule has 3 N–H and O–H groups in total. The fourth-order valence-electron chi connectivity index (χ4n) is 1.54. The lowest BCUT2D eigenvalue weighted by molar-refractivity contribution is 0.224. The average molecular weight is 220 g/mol. The van der Waals surface area contributed by atoms with Gasteiger partial charge in [-0.15, -0.1) is 11.3 Å². The van der Waals surface area contributed by atoms with E-state index >= 15 is 0 Å². The minimum Gasteiger partial charge on any atom is -0.383 e. The highest BCUT2D eigenvalue weighted by molar-refractivity contribution is 7.10. The van der Waals surface area contributed by atoms with Gasteiger partial charge in [-0.3, -0.25) is 0 Å². The van der Waals surface area contributed by atoms with E-state index in [9.17, 15) is 5.11 Å². The number of pyridine rings is 1. The Balaban J connectivity index is 2.46. The first-order valence-corrected chi connectivity index (χ1v) is 5.50. The van der Waals surface area contributed by atoms with Crippen LogP contribution in [0.5, 0.6) is 0 Å². The molecule has 2 rings (SSSR count). The number of anilines is 1. The molecule has 78 valence electrons. The molecule has 0 saturated heterocycles. The molecule has 0 amide bonds. The summed E-state index contributed by atoms with van der Waals surface area (Å²) in [6.07, 6.45) is 0.980. The molecule has 2 aromatic heterocycles. The highest BCUT2D eigenvalue weighted by Crippen LogP contribution is 2.30. The molecule has 0 fully saturated rings. The number of rotatable bonds is 2. The lowest BCUT2D eigenvalue weighted by Gasteiger charge is -2.13. The number of aromatic nitrogens is 1. The van der Waals surface area contributed by atoms with Crippen molar-refractivity contribution in [2.24, 2.45) is 0 Å². The molecule has 1 atom stereocenters. The molecule has 2 heterocycles. The van der Waals surface area contributed by atoms with Crippen LogP contribution in [0.25, 0.3) is 0 Å². The van der Waals surface area contributed by atoms with Crippen molar-refractivity contribution in [2.75, 3.05) is 5.73 Å². The SMILES string of the molecule is Cc1ccnc(N)c1C(O)c1cccs1. The number of nitrogen functional groups attached to an aromatic ring is 1. The largest absolute Gasteiger partial charge is 0.383 e. The zero-order valence-corrected chi connectivity index (χ0v) is 9.16. The number of nitrogens with zero attached hydrogens (tertiary/aromatic N) is 1. The molecule has 1 unspecified atom stereocenters. The Hall–Kier alpha value is -1.39. The zero-order valence-electron chi connectivity index (χ0n) is 8.34. The lowest BCUT2D eigenvalue weighted by atomic mass is 10.0. The Bertz CT molecular complexity index is 433. The van der Waals surface area contributed by atoms with E-state index in [0.29, 0.717) is 11.4 Å². The third-order valence-electron chi connectivity index (χ3n) is 2.33. The number of hydrogen-bond donors (Lipinski definition) is 2. The van der Waals surface area contributed by atoms with Crippen molar-refractivity contribution in [1.82, 2.24) is 4.98 Å². The van der Waals surface area contributed by atoms with E-state index in [1.165, 1.54) is 11.3 Å². The van der Waals surface area contributed by atoms with Crippen LogP contribution in [0.15, 0.2) is 29.8 Å². The Morgan fingerprint density at radius 3 is 2.87 bits per heavy atom. The van der Waals surface area contributed by atoms with Crippen LogP contribution in [0, 0.1) is 6.92 Å². The first-order chi connectivity index (χ1) is 7.20. The van der Waals surface area contributed by atoms with E-state index < -0.39 is 6.10 Å². The van der Waals surface area contributed by atoms with Crippen LogP contribution in [0.1, 0.15) is 22.1 Å². The van der Waals surface area contributed by atoms with E-state index in [4.69, 9.17) is 5.73 Å².